The minimum atomic E-state index is -1.82. The zero-order chi connectivity index (χ0) is 24.6. The molecule has 1 heterocycles. The summed E-state index contributed by atoms with van der Waals surface area (Å²) < 4.78 is 36.3. The first-order valence-electron chi connectivity index (χ1n) is 11.0. The second-order valence-electron chi connectivity index (χ2n) is 7.83. The molecule has 0 aliphatic carbocycles. The lowest BCUT2D eigenvalue weighted by Gasteiger charge is -2.38. The van der Waals surface area contributed by atoms with Crippen molar-refractivity contribution in [2.45, 2.75) is 31.1 Å². The molecule has 0 amide bonds. The summed E-state index contributed by atoms with van der Waals surface area (Å²) in [5.74, 6) is -2.07. The molecule has 1 aliphatic heterocycles. The molecule has 35 heavy (non-hydrogen) atoms. The monoisotopic (exact) mass is 478 g/mol. The molecule has 0 N–H and O–H groups in total. The molecule has 0 unspecified atom stereocenters. The van der Waals surface area contributed by atoms with E-state index in [1.54, 1.807) is 91.0 Å². The molecule has 7 nitrogen and oxygen atoms in total. The SMILES string of the molecule is O=C(OC[C@H]1O[C@H](F)C[C@@H](OC(=O)c2ccccc2)[C@@H]1OC(=O)c1ccccc1)c1ccccc1. The summed E-state index contributed by atoms with van der Waals surface area (Å²) in [5.41, 5.74) is 0.808. The quantitative estimate of drug-likeness (QED) is 0.368. The zero-order valence-corrected chi connectivity index (χ0v) is 18.6. The van der Waals surface area contributed by atoms with Gasteiger partial charge in [0.15, 0.2) is 6.10 Å². The number of benzene rings is 3. The number of carbonyl (C=O) groups is 3. The van der Waals surface area contributed by atoms with Gasteiger partial charge >= 0.3 is 17.9 Å². The Balaban J connectivity index is 1.53. The van der Waals surface area contributed by atoms with Gasteiger partial charge in [0.05, 0.1) is 16.7 Å². The lowest BCUT2D eigenvalue weighted by molar-refractivity contribution is -0.214. The van der Waals surface area contributed by atoms with E-state index < -0.39 is 49.2 Å². The van der Waals surface area contributed by atoms with Crippen molar-refractivity contribution < 1.29 is 37.7 Å². The Morgan fingerprint density at radius 2 is 1.17 bits per heavy atom. The van der Waals surface area contributed by atoms with Gasteiger partial charge in [-0.2, -0.15) is 0 Å². The number of hydrogen-bond acceptors (Lipinski definition) is 7. The van der Waals surface area contributed by atoms with Crippen LogP contribution in [0.25, 0.3) is 0 Å². The summed E-state index contributed by atoms with van der Waals surface area (Å²) in [5, 5.41) is 0. The maximum atomic E-state index is 14.5. The second kappa shape index (κ2) is 11.4. The summed E-state index contributed by atoms with van der Waals surface area (Å²) in [7, 11) is 0. The summed E-state index contributed by atoms with van der Waals surface area (Å²) >= 11 is 0. The molecule has 4 rings (SSSR count). The van der Waals surface area contributed by atoms with Crippen molar-refractivity contribution in [1.29, 1.82) is 0 Å². The molecule has 1 aliphatic rings. The van der Waals surface area contributed by atoms with Gasteiger partial charge in [0, 0.05) is 6.42 Å². The highest BCUT2D eigenvalue weighted by molar-refractivity contribution is 5.90. The number of ether oxygens (including phenoxy) is 4. The van der Waals surface area contributed by atoms with E-state index in [4.69, 9.17) is 18.9 Å². The highest BCUT2D eigenvalue weighted by Crippen LogP contribution is 2.28. The van der Waals surface area contributed by atoms with Gasteiger partial charge in [-0.05, 0) is 36.4 Å². The molecule has 0 saturated carbocycles. The Hall–Kier alpha value is -4.04. The molecule has 3 aromatic rings. The minimum absolute atomic E-state index is 0.253. The number of rotatable bonds is 7. The summed E-state index contributed by atoms with van der Waals surface area (Å²) in [6.07, 6.45) is -5.76. The van der Waals surface area contributed by atoms with Gasteiger partial charge in [-0.15, -0.1) is 0 Å². The maximum Gasteiger partial charge on any atom is 0.338 e. The molecular formula is C27H23FO7. The molecule has 0 aromatic heterocycles. The van der Waals surface area contributed by atoms with Crippen molar-refractivity contribution >= 4 is 17.9 Å². The van der Waals surface area contributed by atoms with Crippen LogP contribution in [0.4, 0.5) is 4.39 Å². The standard InChI is InChI=1S/C27H23FO7/c28-23-16-21(34-26(30)19-12-6-2-7-13-19)24(35-27(31)20-14-8-3-9-15-20)22(33-23)17-32-25(29)18-10-4-1-5-11-18/h1-15,21-24H,16-17H2/t21-,22-,23+,24+/m1/s1. The average molecular weight is 478 g/mol. The van der Waals surface area contributed by atoms with Crippen molar-refractivity contribution in [3.05, 3.63) is 108 Å². The van der Waals surface area contributed by atoms with Crippen LogP contribution in [-0.2, 0) is 18.9 Å². The predicted molar refractivity (Wildman–Crippen MR) is 122 cm³/mol. The smallest absolute Gasteiger partial charge is 0.338 e. The third-order valence-electron chi connectivity index (χ3n) is 5.38. The number of hydrogen-bond donors (Lipinski definition) is 0. The van der Waals surface area contributed by atoms with Crippen LogP contribution in [0.2, 0.25) is 0 Å². The van der Waals surface area contributed by atoms with E-state index in [1.807, 2.05) is 0 Å². The van der Waals surface area contributed by atoms with Crippen molar-refractivity contribution in [1.82, 2.24) is 0 Å². The van der Waals surface area contributed by atoms with Gasteiger partial charge in [0.1, 0.15) is 18.8 Å². The second-order valence-corrected chi connectivity index (χ2v) is 7.83. The largest absolute Gasteiger partial charge is 0.459 e. The molecule has 0 radical (unpaired) electrons. The first kappa shape index (κ1) is 24.1. The fourth-order valence-electron chi connectivity index (χ4n) is 3.64. The summed E-state index contributed by atoms with van der Waals surface area (Å²) in [4.78, 5) is 37.8. The van der Waals surface area contributed by atoms with Crippen LogP contribution in [0.5, 0.6) is 0 Å². The van der Waals surface area contributed by atoms with Crippen LogP contribution < -0.4 is 0 Å². The Bertz CT molecular complexity index is 1140. The molecular weight excluding hydrogens is 455 g/mol. The number of alkyl halides is 1. The Morgan fingerprint density at radius 3 is 1.69 bits per heavy atom. The molecule has 3 aromatic carbocycles. The van der Waals surface area contributed by atoms with E-state index in [0.717, 1.165) is 0 Å². The van der Waals surface area contributed by atoms with E-state index >= 15 is 0 Å². The van der Waals surface area contributed by atoms with Crippen LogP contribution in [0.15, 0.2) is 91.0 Å². The lowest BCUT2D eigenvalue weighted by atomic mass is 10.0. The van der Waals surface area contributed by atoms with Crippen molar-refractivity contribution in [3.8, 4) is 0 Å². The number of halogens is 1. The molecule has 1 fully saturated rings. The fourth-order valence-corrected chi connectivity index (χ4v) is 3.64. The highest BCUT2D eigenvalue weighted by atomic mass is 19.1. The topological polar surface area (TPSA) is 88.1 Å². The normalized spacial score (nSPS) is 21.5. The summed E-state index contributed by atoms with van der Waals surface area (Å²) in [6, 6.07) is 24.6. The van der Waals surface area contributed by atoms with Crippen LogP contribution >= 0.6 is 0 Å². The first-order chi connectivity index (χ1) is 17.0. The Labute approximate surface area is 201 Å². The fraction of sp³-hybridized carbons (Fsp3) is 0.222. The third kappa shape index (κ3) is 6.30. The van der Waals surface area contributed by atoms with Gasteiger partial charge in [-0.25, -0.2) is 18.8 Å². The Morgan fingerprint density at radius 1 is 0.714 bits per heavy atom. The van der Waals surface area contributed by atoms with Crippen LogP contribution in [0.1, 0.15) is 37.5 Å². The van der Waals surface area contributed by atoms with Crippen LogP contribution in [-0.4, -0.2) is 49.2 Å². The van der Waals surface area contributed by atoms with Gasteiger partial charge in [0.25, 0.3) is 0 Å². The van der Waals surface area contributed by atoms with E-state index in [0.29, 0.717) is 5.56 Å². The molecule has 4 atom stereocenters. The van der Waals surface area contributed by atoms with Gasteiger partial charge in [-0.1, -0.05) is 54.6 Å². The van der Waals surface area contributed by atoms with E-state index in [1.165, 1.54) is 0 Å². The van der Waals surface area contributed by atoms with Gasteiger partial charge < -0.3 is 18.9 Å². The minimum Gasteiger partial charge on any atom is -0.459 e. The van der Waals surface area contributed by atoms with Crippen LogP contribution in [0.3, 0.4) is 0 Å². The molecule has 0 spiro atoms. The highest BCUT2D eigenvalue weighted by Gasteiger charge is 2.45. The average Bonchev–Trinajstić information content (AvgIpc) is 2.90. The van der Waals surface area contributed by atoms with Crippen LogP contribution in [0, 0.1) is 0 Å². The summed E-state index contributed by atoms with van der Waals surface area (Å²) in [6.45, 7) is -0.416. The van der Waals surface area contributed by atoms with Crippen molar-refractivity contribution in [2.75, 3.05) is 6.61 Å². The Kier molecular flexibility index (Phi) is 7.84. The van der Waals surface area contributed by atoms with Crippen molar-refractivity contribution in [2.24, 2.45) is 0 Å². The van der Waals surface area contributed by atoms with E-state index in [9.17, 15) is 18.8 Å². The van der Waals surface area contributed by atoms with Crippen molar-refractivity contribution in [3.63, 3.8) is 0 Å². The molecule has 1 saturated heterocycles. The predicted octanol–water partition coefficient (Wildman–Crippen LogP) is 4.38. The number of esters is 3. The molecule has 8 heteroatoms. The third-order valence-corrected chi connectivity index (χ3v) is 5.38. The molecule has 0 bridgehead atoms. The molecule has 180 valence electrons. The van der Waals surface area contributed by atoms with Gasteiger partial charge in [0.2, 0.25) is 6.36 Å². The maximum absolute atomic E-state index is 14.5. The first-order valence-corrected chi connectivity index (χ1v) is 11.0. The lowest BCUT2D eigenvalue weighted by Crippen LogP contribution is -2.53. The number of carbonyl (C=O) groups excluding carboxylic acids is 3. The van der Waals surface area contributed by atoms with E-state index in [-0.39, 0.29) is 17.5 Å². The van der Waals surface area contributed by atoms with Gasteiger partial charge in [-0.3, -0.25) is 0 Å². The zero-order valence-electron chi connectivity index (χ0n) is 18.6. The van der Waals surface area contributed by atoms with E-state index in [2.05, 4.69) is 0 Å².